The summed E-state index contributed by atoms with van der Waals surface area (Å²) < 4.78 is 4.93. The van der Waals surface area contributed by atoms with E-state index in [-0.39, 0.29) is 11.7 Å². The molecule has 0 aromatic heterocycles. The highest BCUT2D eigenvalue weighted by Gasteiger charge is 2.28. The van der Waals surface area contributed by atoms with E-state index in [1.807, 2.05) is 0 Å². The van der Waals surface area contributed by atoms with Crippen LogP contribution in [0.1, 0.15) is 39.3 Å². The van der Waals surface area contributed by atoms with E-state index in [0.717, 1.165) is 5.56 Å². The molecule has 72 valence electrons. The fourth-order valence-electron chi connectivity index (χ4n) is 1.51. The summed E-state index contributed by atoms with van der Waals surface area (Å²) in [5.74, 6) is -1.49. The van der Waals surface area contributed by atoms with Crippen LogP contribution in [0.4, 0.5) is 0 Å². The molecule has 1 unspecified atom stereocenters. The van der Waals surface area contributed by atoms with Crippen molar-refractivity contribution in [3.05, 3.63) is 34.9 Å². The fourth-order valence-corrected chi connectivity index (χ4v) is 1.51. The summed E-state index contributed by atoms with van der Waals surface area (Å²) in [4.78, 5) is 21.9. The lowest BCUT2D eigenvalue weighted by molar-refractivity contribution is 0.0421. The first-order valence-electron chi connectivity index (χ1n) is 4.18. The van der Waals surface area contributed by atoms with E-state index in [0.29, 0.717) is 5.56 Å². The Bertz CT molecular complexity index is 422. The van der Waals surface area contributed by atoms with Crippen molar-refractivity contribution in [1.29, 1.82) is 0 Å². The number of cyclic esters (lactones) is 1. The molecule has 0 saturated heterocycles. The minimum absolute atomic E-state index is 0.106. The van der Waals surface area contributed by atoms with Gasteiger partial charge in [-0.15, -0.1) is 0 Å². The number of carboxylic acid groups (broad SMARTS) is 1. The van der Waals surface area contributed by atoms with E-state index in [1.165, 1.54) is 12.1 Å². The van der Waals surface area contributed by atoms with Gasteiger partial charge in [-0.25, -0.2) is 9.59 Å². The number of carbonyl (C=O) groups is 2. The minimum Gasteiger partial charge on any atom is -0.478 e. The van der Waals surface area contributed by atoms with Crippen molar-refractivity contribution in [3.63, 3.8) is 0 Å². The first-order valence-corrected chi connectivity index (χ1v) is 4.18. The number of fused-ring (bicyclic) bond motifs is 1. The van der Waals surface area contributed by atoms with Gasteiger partial charge in [-0.2, -0.15) is 0 Å². The summed E-state index contributed by atoms with van der Waals surface area (Å²) in [6.07, 6.45) is -0.277. The Morgan fingerprint density at radius 1 is 1.50 bits per heavy atom. The van der Waals surface area contributed by atoms with Crippen LogP contribution in [0.15, 0.2) is 18.2 Å². The average molecular weight is 192 g/mol. The van der Waals surface area contributed by atoms with Crippen LogP contribution in [0.3, 0.4) is 0 Å². The maximum atomic E-state index is 11.2. The van der Waals surface area contributed by atoms with E-state index in [1.54, 1.807) is 13.0 Å². The second kappa shape index (κ2) is 2.83. The highest BCUT2D eigenvalue weighted by molar-refractivity contribution is 5.97. The van der Waals surface area contributed by atoms with Crippen LogP contribution in [0, 0.1) is 0 Å². The van der Waals surface area contributed by atoms with Crippen molar-refractivity contribution in [2.45, 2.75) is 13.0 Å². The first kappa shape index (κ1) is 8.74. The molecular formula is C10H8O4. The van der Waals surface area contributed by atoms with Gasteiger partial charge in [0.25, 0.3) is 0 Å². The van der Waals surface area contributed by atoms with Crippen molar-refractivity contribution in [1.82, 2.24) is 0 Å². The third-order valence-corrected chi connectivity index (χ3v) is 2.24. The Kier molecular flexibility index (Phi) is 1.77. The molecular weight excluding hydrogens is 184 g/mol. The van der Waals surface area contributed by atoms with Gasteiger partial charge >= 0.3 is 11.9 Å². The molecule has 0 amide bonds. The third kappa shape index (κ3) is 1.16. The molecule has 0 spiro atoms. The molecule has 1 aliphatic rings. The van der Waals surface area contributed by atoms with Crippen LogP contribution < -0.4 is 0 Å². The van der Waals surface area contributed by atoms with Crippen LogP contribution >= 0.6 is 0 Å². The highest BCUT2D eigenvalue weighted by atomic mass is 16.5. The normalized spacial score (nSPS) is 18.9. The van der Waals surface area contributed by atoms with Crippen LogP contribution in [-0.2, 0) is 4.74 Å². The van der Waals surface area contributed by atoms with Gasteiger partial charge in [0.1, 0.15) is 6.10 Å². The molecule has 1 heterocycles. The van der Waals surface area contributed by atoms with E-state index in [9.17, 15) is 9.59 Å². The number of esters is 1. The molecule has 14 heavy (non-hydrogen) atoms. The second-order valence-electron chi connectivity index (χ2n) is 3.15. The number of hydrogen-bond donors (Lipinski definition) is 1. The predicted octanol–water partition coefficient (Wildman–Crippen LogP) is 1.62. The molecule has 4 heteroatoms. The largest absolute Gasteiger partial charge is 0.478 e. The molecule has 0 bridgehead atoms. The molecule has 1 atom stereocenters. The lowest BCUT2D eigenvalue weighted by Crippen LogP contribution is -2.00. The standard InChI is InChI=1S/C10H8O4/c1-5-7-3-2-6(9(11)12)4-8(7)10(13)14-5/h2-5H,1H3,(H,11,12). The summed E-state index contributed by atoms with van der Waals surface area (Å²) in [5.41, 5.74) is 1.22. The lowest BCUT2D eigenvalue weighted by Gasteiger charge is -2.01. The number of benzene rings is 1. The van der Waals surface area contributed by atoms with E-state index in [2.05, 4.69) is 0 Å². The average Bonchev–Trinajstić information content (AvgIpc) is 2.42. The van der Waals surface area contributed by atoms with Gasteiger partial charge in [-0.1, -0.05) is 6.07 Å². The molecule has 1 aromatic rings. The number of carbonyl (C=O) groups excluding carboxylic acids is 1. The Labute approximate surface area is 80.1 Å². The molecule has 1 N–H and O–H groups in total. The Morgan fingerprint density at radius 2 is 2.21 bits per heavy atom. The van der Waals surface area contributed by atoms with Crippen molar-refractivity contribution >= 4 is 11.9 Å². The van der Waals surface area contributed by atoms with Crippen molar-refractivity contribution in [2.75, 3.05) is 0 Å². The van der Waals surface area contributed by atoms with Crippen LogP contribution in [0.2, 0.25) is 0 Å². The molecule has 4 nitrogen and oxygen atoms in total. The van der Waals surface area contributed by atoms with Crippen LogP contribution in [-0.4, -0.2) is 17.0 Å². The molecule has 0 radical (unpaired) electrons. The number of hydrogen-bond acceptors (Lipinski definition) is 3. The first-order chi connectivity index (χ1) is 6.59. The maximum absolute atomic E-state index is 11.2. The number of rotatable bonds is 1. The van der Waals surface area contributed by atoms with E-state index < -0.39 is 11.9 Å². The van der Waals surface area contributed by atoms with Gasteiger partial charge in [0.05, 0.1) is 11.1 Å². The molecule has 1 aromatic carbocycles. The monoisotopic (exact) mass is 192 g/mol. The predicted molar refractivity (Wildman–Crippen MR) is 47.2 cm³/mol. The Hall–Kier alpha value is -1.84. The maximum Gasteiger partial charge on any atom is 0.339 e. The van der Waals surface area contributed by atoms with Crippen molar-refractivity contribution < 1.29 is 19.4 Å². The molecule has 0 fully saturated rings. The van der Waals surface area contributed by atoms with E-state index >= 15 is 0 Å². The zero-order chi connectivity index (χ0) is 10.3. The Morgan fingerprint density at radius 3 is 2.86 bits per heavy atom. The Balaban J connectivity index is 2.55. The van der Waals surface area contributed by atoms with Crippen LogP contribution in [0.5, 0.6) is 0 Å². The summed E-state index contributed by atoms with van der Waals surface area (Å²) in [6.45, 7) is 1.75. The van der Waals surface area contributed by atoms with Gasteiger partial charge in [0.2, 0.25) is 0 Å². The van der Waals surface area contributed by atoms with Gasteiger partial charge in [-0.3, -0.25) is 0 Å². The van der Waals surface area contributed by atoms with Gasteiger partial charge in [-0.05, 0) is 19.1 Å². The zero-order valence-electron chi connectivity index (χ0n) is 7.48. The minimum atomic E-state index is -1.04. The quantitative estimate of drug-likeness (QED) is 0.686. The number of aromatic carboxylic acids is 1. The molecule has 0 saturated carbocycles. The topological polar surface area (TPSA) is 63.6 Å². The smallest absolute Gasteiger partial charge is 0.339 e. The highest BCUT2D eigenvalue weighted by Crippen LogP contribution is 2.30. The van der Waals surface area contributed by atoms with E-state index in [4.69, 9.17) is 9.84 Å². The molecule has 0 aliphatic carbocycles. The SMILES string of the molecule is CC1OC(=O)c2cc(C(=O)O)ccc21. The second-order valence-corrected chi connectivity index (χ2v) is 3.15. The summed E-state index contributed by atoms with van der Waals surface area (Å²) in [6, 6.07) is 4.44. The lowest BCUT2D eigenvalue weighted by atomic mass is 10.0. The molecule has 1 aliphatic heterocycles. The summed E-state index contributed by atoms with van der Waals surface area (Å²) in [7, 11) is 0. The number of carboxylic acids is 1. The third-order valence-electron chi connectivity index (χ3n) is 2.24. The van der Waals surface area contributed by atoms with Crippen molar-refractivity contribution in [3.8, 4) is 0 Å². The van der Waals surface area contributed by atoms with Gasteiger partial charge in [0, 0.05) is 5.56 Å². The fraction of sp³-hybridized carbons (Fsp3) is 0.200. The van der Waals surface area contributed by atoms with Gasteiger partial charge in [0.15, 0.2) is 0 Å². The van der Waals surface area contributed by atoms with Gasteiger partial charge < -0.3 is 9.84 Å². The summed E-state index contributed by atoms with van der Waals surface area (Å²) in [5, 5.41) is 8.72. The van der Waals surface area contributed by atoms with Crippen LogP contribution in [0.25, 0.3) is 0 Å². The number of ether oxygens (including phenoxy) is 1. The molecule has 2 rings (SSSR count). The summed E-state index contributed by atoms with van der Waals surface area (Å²) >= 11 is 0. The van der Waals surface area contributed by atoms with Crippen molar-refractivity contribution in [2.24, 2.45) is 0 Å². The zero-order valence-corrected chi connectivity index (χ0v) is 7.48.